The molecule has 2 aromatic heterocycles. The van der Waals surface area contributed by atoms with E-state index in [4.69, 9.17) is 17.3 Å². The molecule has 2 amide bonds. The molecule has 1 saturated carbocycles. The molecule has 0 radical (unpaired) electrons. The van der Waals surface area contributed by atoms with E-state index >= 15 is 0 Å². The Hall–Kier alpha value is -3.45. The molecule has 4 rings (SSSR count). The first kappa shape index (κ1) is 21.8. The van der Waals surface area contributed by atoms with E-state index in [-0.39, 0.29) is 18.4 Å². The molecule has 7 nitrogen and oxygen atoms in total. The Balaban J connectivity index is 1.45. The van der Waals surface area contributed by atoms with E-state index in [1.807, 2.05) is 12.1 Å². The first-order valence-electron chi connectivity index (χ1n) is 10.4. The van der Waals surface area contributed by atoms with Crippen LogP contribution in [0.2, 0.25) is 5.02 Å². The third-order valence-electron chi connectivity index (χ3n) is 5.46. The zero-order chi connectivity index (χ0) is 22.7. The third kappa shape index (κ3) is 5.06. The lowest BCUT2D eigenvalue weighted by Crippen LogP contribution is -2.30. The SMILES string of the molecule is CC(=O)N(CC1CC1)c1ccc(-c2ccc(C(=O)NCc3cnccc3N)cn2)cc1Cl. The number of hydrogen-bond acceptors (Lipinski definition) is 5. The van der Waals surface area contributed by atoms with E-state index in [1.54, 1.807) is 48.5 Å². The van der Waals surface area contributed by atoms with E-state index in [2.05, 4.69) is 15.3 Å². The van der Waals surface area contributed by atoms with Crippen LogP contribution >= 0.6 is 11.6 Å². The van der Waals surface area contributed by atoms with E-state index in [9.17, 15) is 9.59 Å². The molecule has 1 aromatic carbocycles. The molecular formula is C24H24ClN5O2. The zero-order valence-electron chi connectivity index (χ0n) is 17.7. The highest BCUT2D eigenvalue weighted by Crippen LogP contribution is 2.35. The van der Waals surface area contributed by atoms with Crippen molar-refractivity contribution in [2.75, 3.05) is 17.2 Å². The third-order valence-corrected chi connectivity index (χ3v) is 5.76. The predicted molar refractivity (Wildman–Crippen MR) is 125 cm³/mol. The highest BCUT2D eigenvalue weighted by Gasteiger charge is 2.27. The number of rotatable bonds is 7. The van der Waals surface area contributed by atoms with Crippen LogP contribution in [0.5, 0.6) is 0 Å². The molecule has 8 heteroatoms. The van der Waals surface area contributed by atoms with Crippen molar-refractivity contribution in [1.29, 1.82) is 0 Å². The van der Waals surface area contributed by atoms with Crippen molar-refractivity contribution < 1.29 is 9.59 Å². The molecule has 164 valence electrons. The second-order valence-corrected chi connectivity index (χ2v) is 8.34. The number of carbonyl (C=O) groups excluding carboxylic acids is 2. The number of aromatic nitrogens is 2. The predicted octanol–water partition coefficient (Wildman–Crippen LogP) is 4.07. The van der Waals surface area contributed by atoms with Crippen molar-refractivity contribution in [2.45, 2.75) is 26.3 Å². The first-order valence-corrected chi connectivity index (χ1v) is 10.8. The first-order chi connectivity index (χ1) is 15.4. The van der Waals surface area contributed by atoms with E-state index in [0.29, 0.717) is 40.1 Å². The Bertz CT molecular complexity index is 1150. The van der Waals surface area contributed by atoms with Gasteiger partial charge in [-0.3, -0.25) is 19.6 Å². The molecule has 0 bridgehead atoms. The van der Waals surface area contributed by atoms with E-state index < -0.39 is 0 Å². The van der Waals surface area contributed by atoms with Gasteiger partial charge in [0.05, 0.1) is 22.0 Å². The summed E-state index contributed by atoms with van der Waals surface area (Å²) in [6.07, 6.45) is 7.06. The molecule has 0 saturated heterocycles. The van der Waals surface area contributed by atoms with Gasteiger partial charge >= 0.3 is 0 Å². The molecule has 1 fully saturated rings. The van der Waals surface area contributed by atoms with Gasteiger partial charge in [-0.2, -0.15) is 0 Å². The normalized spacial score (nSPS) is 12.9. The average Bonchev–Trinajstić information content (AvgIpc) is 3.61. The Morgan fingerprint density at radius 2 is 2.00 bits per heavy atom. The van der Waals surface area contributed by atoms with Crippen LogP contribution in [0.1, 0.15) is 35.7 Å². The van der Waals surface area contributed by atoms with Crippen LogP contribution in [0, 0.1) is 5.92 Å². The fourth-order valence-corrected chi connectivity index (χ4v) is 3.68. The Morgan fingerprint density at radius 1 is 1.19 bits per heavy atom. The van der Waals surface area contributed by atoms with Gasteiger partial charge in [0.25, 0.3) is 5.91 Å². The molecule has 1 aliphatic rings. The maximum absolute atomic E-state index is 12.4. The number of pyridine rings is 2. The summed E-state index contributed by atoms with van der Waals surface area (Å²) in [6, 6.07) is 10.7. The summed E-state index contributed by atoms with van der Waals surface area (Å²) in [5, 5.41) is 3.31. The van der Waals surface area contributed by atoms with Crippen molar-refractivity contribution in [3.05, 3.63) is 71.1 Å². The van der Waals surface area contributed by atoms with Crippen LogP contribution in [0.3, 0.4) is 0 Å². The van der Waals surface area contributed by atoms with Gasteiger partial charge in [0, 0.05) is 55.4 Å². The minimum absolute atomic E-state index is 0.0203. The fraction of sp³-hybridized carbons (Fsp3) is 0.250. The minimum atomic E-state index is -0.252. The summed E-state index contributed by atoms with van der Waals surface area (Å²) in [7, 11) is 0. The Morgan fingerprint density at radius 3 is 2.62 bits per heavy atom. The molecule has 1 aliphatic carbocycles. The van der Waals surface area contributed by atoms with E-state index in [0.717, 1.165) is 24.0 Å². The summed E-state index contributed by atoms with van der Waals surface area (Å²) in [6.45, 7) is 2.53. The summed E-state index contributed by atoms with van der Waals surface area (Å²) in [5.74, 6) is 0.288. The Kier molecular flexibility index (Phi) is 6.37. The van der Waals surface area contributed by atoms with Gasteiger partial charge in [0.2, 0.25) is 5.91 Å². The van der Waals surface area contributed by atoms with Crippen LogP contribution in [0.15, 0.2) is 55.0 Å². The summed E-state index contributed by atoms with van der Waals surface area (Å²) >= 11 is 6.51. The Labute approximate surface area is 191 Å². The monoisotopic (exact) mass is 449 g/mol. The van der Waals surface area contributed by atoms with Crippen molar-refractivity contribution in [3.63, 3.8) is 0 Å². The van der Waals surface area contributed by atoms with Crippen molar-refractivity contribution in [1.82, 2.24) is 15.3 Å². The quantitative estimate of drug-likeness (QED) is 0.566. The molecule has 3 N–H and O–H groups in total. The lowest BCUT2D eigenvalue weighted by molar-refractivity contribution is -0.116. The number of anilines is 2. The second-order valence-electron chi connectivity index (χ2n) is 7.93. The van der Waals surface area contributed by atoms with Crippen LogP contribution < -0.4 is 16.0 Å². The van der Waals surface area contributed by atoms with Crippen LogP contribution in [0.25, 0.3) is 11.3 Å². The number of nitrogen functional groups attached to an aromatic ring is 1. The molecule has 32 heavy (non-hydrogen) atoms. The number of amides is 2. The largest absolute Gasteiger partial charge is 0.398 e. The van der Waals surface area contributed by atoms with Gasteiger partial charge in [-0.25, -0.2) is 0 Å². The van der Waals surface area contributed by atoms with Gasteiger partial charge in [-0.15, -0.1) is 0 Å². The lowest BCUT2D eigenvalue weighted by Gasteiger charge is -2.22. The van der Waals surface area contributed by atoms with Gasteiger partial charge in [-0.05, 0) is 49.1 Å². The standard InChI is InChI=1S/C24H24ClN5O2/c1-15(31)30(14-16-2-3-16)23-7-5-17(10-20(23)25)22-6-4-18(12-28-22)24(32)29-13-19-11-27-9-8-21(19)26/h4-12,16H,2-3,13-14H2,1H3,(H2,26,27)(H,29,32). The molecule has 2 heterocycles. The summed E-state index contributed by atoms with van der Waals surface area (Å²) in [5.41, 5.74) is 9.85. The molecule has 0 spiro atoms. The second kappa shape index (κ2) is 9.36. The van der Waals surface area contributed by atoms with Gasteiger partial charge in [0.1, 0.15) is 0 Å². The minimum Gasteiger partial charge on any atom is -0.398 e. The maximum atomic E-state index is 12.4. The topological polar surface area (TPSA) is 101 Å². The van der Waals surface area contributed by atoms with Gasteiger partial charge in [-0.1, -0.05) is 17.7 Å². The maximum Gasteiger partial charge on any atom is 0.253 e. The van der Waals surface area contributed by atoms with Crippen LogP contribution in [-0.4, -0.2) is 28.3 Å². The number of nitrogens with zero attached hydrogens (tertiary/aromatic N) is 3. The molecular weight excluding hydrogens is 426 g/mol. The smallest absolute Gasteiger partial charge is 0.253 e. The number of halogens is 1. The highest BCUT2D eigenvalue weighted by molar-refractivity contribution is 6.34. The number of nitrogens with two attached hydrogens (primary N) is 1. The molecule has 0 aliphatic heterocycles. The summed E-state index contributed by atoms with van der Waals surface area (Å²) in [4.78, 5) is 34.7. The number of benzene rings is 1. The van der Waals surface area contributed by atoms with Crippen LogP contribution in [-0.2, 0) is 11.3 Å². The molecule has 0 unspecified atom stereocenters. The van der Waals surface area contributed by atoms with Crippen molar-refractivity contribution >= 4 is 34.8 Å². The van der Waals surface area contributed by atoms with Crippen LogP contribution in [0.4, 0.5) is 11.4 Å². The number of hydrogen-bond donors (Lipinski definition) is 2. The zero-order valence-corrected chi connectivity index (χ0v) is 18.5. The fourth-order valence-electron chi connectivity index (χ4n) is 3.40. The molecule has 0 atom stereocenters. The molecule has 3 aromatic rings. The van der Waals surface area contributed by atoms with E-state index in [1.165, 1.54) is 6.20 Å². The summed E-state index contributed by atoms with van der Waals surface area (Å²) < 4.78 is 0. The van der Waals surface area contributed by atoms with Gasteiger partial charge < -0.3 is 16.0 Å². The lowest BCUT2D eigenvalue weighted by atomic mass is 10.1. The van der Waals surface area contributed by atoms with Gasteiger partial charge in [0.15, 0.2) is 0 Å². The highest BCUT2D eigenvalue weighted by atomic mass is 35.5. The van der Waals surface area contributed by atoms with Crippen molar-refractivity contribution in [2.24, 2.45) is 5.92 Å². The number of carbonyl (C=O) groups is 2. The van der Waals surface area contributed by atoms with Crippen molar-refractivity contribution in [3.8, 4) is 11.3 Å². The number of nitrogens with one attached hydrogen (secondary N) is 1. The average molecular weight is 450 g/mol.